The van der Waals surface area contributed by atoms with Crippen molar-refractivity contribution in [2.45, 2.75) is 17.7 Å². The van der Waals surface area contributed by atoms with E-state index in [1.54, 1.807) is 30.3 Å². The number of benzene rings is 2. The predicted octanol–water partition coefficient (Wildman–Crippen LogP) is 3.50. The summed E-state index contributed by atoms with van der Waals surface area (Å²) >= 11 is 5.81. The molecule has 0 unspecified atom stereocenters. The van der Waals surface area contributed by atoms with Crippen molar-refractivity contribution < 1.29 is 13.5 Å². The van der Waals surface area contributed by atoms with E-state index in [1.807, 2.05) is 6.07 Å². The lowest BCUT2D eigenvalue weighted by Gasteiger charge is -2.16. The zero-order chi connectivity index (χ0) is 15.7. The Morgan fingerprint density at radius 2 is 1.68 bits per heavy atom. The van der Waals surface area contributed by atoms with E-state index in [4.69, 9.17) is 11.6 Å². The number of rotatable bonds is 3. The summed E-state index contributed by atoms with van der Waals surface area (Å²) in [5.41, 5.74) is 1.45. The average Bonchev–Trinajstić information content (AvgIpc) is 3.05. The number of phenols is 1. The van der Waals surface area contributed by atoms with Crippen LogP contribution in [0, 0.1) is 0 Å². The highest BCUT2D eigenvalue weighted by atomic mass is 35.5. The van der Waals surface area contributed by atoms with E-state index >= 15 is 0 Å². The molecule has 1 aliphatic heterocycles. The van der Waals surface area contributed by atoms with Crippen molar-refractivity contribution in [2.24, 2.45) is 0 Å². The van der Waals surface area contributed by atoms with Gasteiger partial charge < -0.3 is 5.11 Å². The zero-order valence-corrected chi connectivity index (χ0v) is 13.4. The van der Waals surface area contributed by atoms with E-state index in [0.717, 1.165) is 24.0 Å². The second-order valence-electron chi connectivity index (χ2n) is 5.31. The third kappa shape index (κ3) is 2.84. The molecule has 0 aromatic heterocycles. The lowest BCUT2D eigenvalue weighted by Crippen LogP contribution is -2.27. The standard InChI is InChI=1S/C16H16ClNO3S/c17-15-7-6-13(11-16(15)19)12-4-3-5-14(10-12)22(20,21)18-8-1-2-9-18/h3-7,10-11,19H,1-2,8-9H2. The summed E-state index contributed by atoms with van der Waals surface area (Å²) in [6.07, 6.45) is 1.81. The minimum atomic E-state index is -3.44. The summed E-state index contributed by atoms with van der Waals surface area (Å²) in [6, 6.07) is 11.6. The predicted molar refractivity (Wildman–Crippen MR) is 86.5 cm³/mol. The van der Waals surface area contributed by atoms with Gasteiger partial charge in [-0.1, -0.05) is 29.8 Å². The average molecular weight is 338 g/mol. The Labute approximate surface area is 135 Å². The van der Waals surface area contributed by atoms with Gasteiger partial charge in [-0.05, 0) is 48.2 Å². The number of hydrogen-bond donors (Lipinski definition) is 1. The van der Waals surface area contributed by atoms with Gasteiger partial charge in [0.15, 0.2) is 0 Å². The summed E-state index contributed by atoms with van der Waals surface area (Å²) in [4.78, 5) is 0.279. The topological polar surface area (TPSA) is 57.6 Å². The van der Waals surface area contributed by atoms with Crippen LogP contribution >= 0.6 is 11.6 Å². The van der Waals surface area contributed by atoms with E-state index in [2.05, 4.69) is 0 Å². The van der Waals surface area contributed by atoms with Crippen molar-refractivity contribution in [1.29, 1.82) is 0 Å². The molecule has 4 nitrogen and oxygen atoms in total. The van der Waals surface area contributed by atoms with Gasteiger partial charge in [-0.2, -0.15) is 4.31 Å². The Balaban J connectivity index is 2.00. The number of sulfonamides is 1. The fourth-order valence-corrected chi connectivity index (χ4v) is 4.29. The number of hydrogen-bond acceptors (Lipinski definition) is 3. The highest BCUT2D eigenvalue weighted by Gasteiger charge is 2.27. The first-order valence-corrected chi connectivity index (χ1v) is 8.89. The molecule has 116 valence electrons. The Kier molecular flexibility index (Phi) is 4.12. The Bertz CT molecular complexity index is 799. The highest BCUT2D eigenvalue weighted by Crippen LogP contribution is 2.31. The van der Waals surface area contributed by atoms with Crippen molar-refractivity contribution in [3.8, 4) is 16.9 Å². The second-order valence-corrected chi connectivity index (χ2v) is 7.65. The molecule has 1 N–H and O–H groups in total. The lowest BCUT2D eigenvalue weighted by atomic mass is 10.1. The molecular formula is C16H16ClNO3S. The Morgan fingerprint density at radius 3 is 2.36 bits per heavy atom. The number of nitrogens with zero attached hydrogens (tertiary/aromatic N) is 1. The SMILES string of the molecule is O=S(=O)(c1cccc(-c2ccc(Cl)c(O)c2)c1)N1CCCC1. The van der Waals surface area contributed by atoms with Crippen LogP contribution in [0.5, 0.6) is 5.75 Å². The smallest absolute Gasteiger partial charge is 0.243 e. The molecule has 1 fully saturated rings. The van der Waals surface area contributed by atoms with Crippen LogP contribution in [0.2, 0.25) is 5.02 Å². The van der Waals surface area contributed by atoms with E-state index in [-0.39, 0.29) is 15.7 Å². The molecule has 1 aliphatic rings. The minimum Gasteiger partial charge on any atom is -0.506 e. The molecule has 0 spiro atoms. The summed E-state index contributed by atoms with van der Waals surface area (Å²) < 4.78 is 26.7. The van der Waals surface area contributed by atoms with E-state index < -0.39 is 10.0 Å². The van der Waals surface area contributed by atoms with Crippen LogP contribution < -0.4 is 0 Å². The van der Waals surface area contributed by atoms with Gasteiger partial charge >= 0.3 is 0 Å². The maximum absolute atomic E-state index is 12.6. The maximum atomic E-state index is 12.6. The quantitative estimate of drug-likeness (QED) is 0.932. The Hall–Kier alpha value is -1.56. The molecule has 3 rings (SSSR count). The van der Waals surface area contributed by atoms with Gasteiger partial charge in [-0.25, -0.2) is 8.42 Å². The molecule has 0 saturated carbocycles. The van der Waals surface area contributed by atoms with Gasteiger partial charge in [0.1, 0.15) is 5.75 Å². The van der Waals surface area contributed by atoms with E-state index in [1.165, 1.54) is 10.4 Å². The third-order valence-corrected chi connectivity index (χ3v) is 6.03. The third-order valence-electron chi connectivity index (χ3n) is 3.82. The maximum Gasteiger partial charge on any atom is 0.243 e. The first-order valence-electron chi connectivity index (χ1n) is 7.07. The van der Waals surface area contributed by atoms with Gasteiger partial charge in [0.25, 0.3) is 0 Å². The fourth-order valence-electron chi connectivity index (χ4n) is 2.61. The molecule has 0 radical (unpaired) electrons. The van der Waals surface area contributed by atoms with Crippen LogP contribution in [0.3, 0.4) is 0 Å². The summed E-state index contributed by atoms with van der Waals surface area (Å²) in [5, 5.41) is 9.97. The number of halogens is 1. The van der Waals surface area contributed by atoms with Crippen LogP contribution in [0.15, 0.2) is 47.4 Å². The molecule has 1 saturated heterocycles. The van der Waals surface area contributed by atoms with Crippen molar-refractivity contribution in [2.75, 3.05) is 13.1 Å². The van der Waals surface area contributed by atoms with Crippen LogP contribution in [-0.2, 0) is 10.0 Å². The van der Waals surface area contributed by atoms with Crippen molar-refractivity contribution in [1.82, 2.24) is 4.31 Å². The van der Waals surface area contributed by atoms with E-state index in [9.17, 15) is 13.5 Å². The molecule has 22 heavy (non-hydrogen) atoms. The highest BCUT2D eigenvalue weighted by molar-refractivity contribution is 7.89. The first kappa shape index (κ1) is 15.3. The molecule has 6 heteroatoms. The Morgan fingerprint density at radius 1 is 1.00 bits per heavy atom. The number of aromatic hydroxyl groups is 1. The summed E-state index contributed by atoms with van der Waals surface area (Å²) in [5.74, 6) is -0.0213. The summed E-state index contributed by atoms with van der Waals surface area (Å²) in [6.45, 7) is 1.16. The van der Waals surface area contributed by atoms with Gasteiger partial charge in [-0.3, -0.25) is 0 Å². The number of phenolic OH excluding ortho intramolecular Hbond substituents is 1. The molecule has 0 bridgehead atoms. The van der Waals surface area contributed by atoms with Crippen LogP contribution in [0.25, 0.3) is 11.1 Å². The molecule has 0 atom stereocenters. The van der Waals surface area contributed by atoms with Crippen molar-refractivity contribution in [3.05, 3.63) is 47.5 Å². The van der Waals surface area contributed by atoms with Gasteiger partial charge in [0.05, 0.1) is 9.92 Å². The zero-order valence-electron chi connectivity index (χ0n) is 11.9. The minimum absolute atomic E-state index is 0.0213. The summed E-state index contributed by atoms with van der Waals surface area (Å²) in [7, 11) is -3.44. The molecular weight excluding hydrogens is 322 g/mol. The normalized spacial score (nSPS) is 16.0. The fraction of sp³-hybridized carbons (Fsp3) is 0.250. The molecule has 2 aromatic rings. The van der Waals surface area contributed by atoms with Gasteiger partial charge in [0.2, 0.25) is 10.0 Å². The first-order chi connectivity index (χ1) is 10.5. The van der Waals surface area contributed by atoms with Crippen LogP contribution in [0.1, 0.15) is 12.8 Å². The molecule has 2 aromatic carbocycles. The molecule has 0 amide bonds. The van der Waals surface area contributed by atoms with Crippen LogP contribution in [0.4, 0.5) is 0 Å². The monoisotopic (exact) mass is 337 g/mol. The van der Waals surface area contributed by atoms with Crippen LogP contribution in [-0.4, -0.2) is 30.9 Å². The van der Waals surface area contributed by atoms with Gasteiger partial charge in [0, 0.05) is 13.1 Å². The molecule has 0 aliphatic carbocycles. The van der Waals surface area contributed by atoms with E-state index in [0.29, 0.717) is 13.1 Å². The second kappa shape index (κ2) is 5.91. The molecule has 1 heterocycles. The largest absolute Gasteiger partial charge is 0.506 e. The van der Waals surface area contributed by atoms with Crippen molar-refractivity contribution in [3.63, 3.8) is 0 Å². The van der Waals surface area contributed by atoms with Crippen molar-refractivity contribution >= 4 is 21.6 Å². The van der Waals surface area contributed by atoms with Gasteiger partial charge in [-0.15, -0.1) is 0 Å². The lowest BCUT2D eigenvalue weighted by molar-refractivity contribution is 0.476.